The van der Waals surface area contributed by atoms with E-state index in [1.54, 1.807) is 12.1 Å². The van der Waals surface area contributed by atoms with Gasteiger partial charge in [0.25, 0.3) is 5.91 Å². The first-order valence-corrected chi connectivity index (χ1v) is 12.9. The minimum atomic E-state index is -0.393. The third-order valence-corrected chi connectivity index (χ3v) is 6.89. The van der Waals surface area contributed by atoms with Crippen LogP contribution in [0.5, 0.6) is 11.5 Å². The second-order valence-corrected chi connectivity index (χ2v) is 9.97. The fourth-order valence-electron chi connectivity index (χ4n) is 5.03. The van der Waals surface area contributed by atoms with Gasteiger partial charge < -0.3 is 14.8 Å². The quantitative estimate of drug-likeness (QED) is 0.349. The van der Waals surface area contributed by atoms with Gasteiger partial charge in [-0.05, 0) is 105 Å². The van der Waals surface area contributed by atoms with Crippen LogP contribution in [0.1, 0.15) is 65.2 Å². The Kier molecular flexibility index (Phi) is 8.42. The first-order valence-electron chi connectivity index (χ1n) is 12.9. The molecule has 1 aliphatic heterocycles. The van der Waals surface area contributed by atoms with Gasteiger partial charge in [-0.15, -0.1) is 0 Å². The van der Waals surface area contributed by atoms with Crippen molar-refractivity contribution in [2.45, 2.75) is 64.8 Å². The average molecular weight is 490 g/mol. The van der Waals surface area contributed by atoms with Gasteiger partial charge in [-0.1, -0.05) is 37.6 Å². The van der Waals surface area contributed by atoms with E-state index in [1.807, 2.05) is 50.2 Å². The molecule has 1 N–H and O–H groups in total. The number of carbonyl (C=O) groups excluding carboxylic acids is 1. The lowest BCUT2D eigenvalue weighted by molar-refractivity contribution is 0.0328. The molecule has 4 nitrogen and oxygen atoms in total. The fraction of sp³-hybridized carbons (Fsp3) is 0.387. The highest BCUT2D eigenvalue weighted by Gasteiger charge is 2.34. The van der Waals surface area contributed by atoms with Crippen LogP contribution in [0.25, 0.3) is 0 Å². The summed E-state index contributed by atoms with van der Waals surface area (Å²) < 4.78 is 25.5. The molecule has 190 valence electrons. The zero-order valence-corrected chi connectivity index (χ0v) is 21.5. The third-order valence-electron chi connectivity index (χ3n) is 6.89. The molecule has 0 atom stereocenters. The lowest BCUT2D eigenvalue weighted by Gasteiger charge is -2.38. The van der Waals surface area contributed by atoms with Crippen molar-refractivity contribution in [3.63, 3.8) is 0 Å². The van der Waals surface area contributed by atoms with Crippen molar-refractivity contribution < 1.29 is 18.7 Å². The molecule has 1 heterocycles. The number of rotatable bonds is 9. The molecule has 3 aromatic rings. The molecular weight excluding hydrogens is 453 g/mol. The molecule has 0 saturated carbocycles. The molecular formula is C31H36FNO3. The van der Waals surface area contributed by atoms with E-state index >= 15 is 0 Å². The highest BCUT2D eigenvalue weighted by atomic mass is 19.1. The van der Waals surface area contributed by atoms with Gasteiger partial charge in [0.15, 0.2) is 0 Å². The minimum absolute atomic E-state index is 0.0922. The third kappa shape index (κ3) is 6.73. The Balaban J connectivity index is 1.57. The molecule has 0 spiro atoms. The molecule has 0 unspecified atom stereocenters. The van der Waals surface area contributed by atoms with E-state index in [0.717, 1.165) is 60.1 Å². The second kappa shape index (κ2) is 11.7. The molecule has 1 saturated heterocycles. The first kappa shape index (κ1) is 25.9. The van der Waals surface area contributed by atoms with Gasteiger partial charge in [0, 0.05) is 24.3 Å². The highest BCUT2D eigenvalue weighted by Crippen LogP contribution is 2.30. The predicted molar refractivity (Wildman–Crippen MR) is 141 cm³/mol. The number of amides is 1. The number of hydrogen-bond acceptors (Lipinski definition) is 3. The van der Waals surface area contributed by atoms with Crippen molar-refractivity contribution in [3.05, 3.63) is 94.3 Å². The van der Waals surface area contributed by atoms with Crippen LogP contribution in [0.2, 0.25) is 0 Å². The van der Waals surface area contributed by atoms with Crippen LogP contribution < -0.4 is 10.1 Å². The van der Waals surface area contributed by atoms with E-state index in [4.69, 9.17) is 9.47 Å². The summed E-state index contributed by atoms with van der Waals surface area (Å²) in [5, 5.41) is 3.37. The Bertz CT molecular complexity index is 1180. The lowest BCUT2D eigenvalue weighted by Crippen LogP contribution is -2.52. The van der Waals surface area contributed by atoms with E-state index in [2.05, 4.69) is 18.3 Å². The maximum atomic E-state index is 13.7. The van der Waals surface area contributed by atoms with Gasteiger partial charge in [-0.25, -0.2) is 4.39 Å². The molecule has 0 bridgehead atoms. The van der Waals surface area contributed by atoms with Crippen LogP contribution >= 0.6 is 0 Å². The van der Waals surface area contributed by atoms with Crippen molar-refractivity contribution in [2.75, 3.05) is 13.2 Å². The zero-order valence-electron chi connectivity index (χ0n) is 21.5. The Morgan fingerprint density at radius 3 is 2.42 bits per heavy atom. The SMILES string of the molecule is CCCc1ccc(Oc2cc(C)cc(C)c2)cc1C(=O)NC1(CCc2cccc(F)c2)CCOCC1. The van der Waals surface area contributed by atoms with Crippen LogP contribution in [0, 0.1) is 19.7 Å². The molecule has 36 heavy (non-hydrogen) atoms. The standard InChI is InChI=1S/C31H36FNO3/c1-4-6-25-9-10-27(36-28-18-22(2)17-23(3)19-28)21-29(25)30(34)33-31(13-15-35-16-14-31)12-11-24-7-5-8-26(32)20-24/h5,7-10,17-21H,4,6,11-16H2,1-3H3,(H,33,34). The molecule has 3 aromatic carbocycles. The first-order chi connectivity index (χ1) is 17.4. The topological polar surface area (TPSA) is 47.6 Å². The second-order valence-electron chi connectivity index (χ2n) is 9.97. The van der Waals surface area contributed by atoms with Gasteiger partial charge in [0.1, 0.15) is 17.3 Å². The van der Waals surface area contributed by atoms with Gasteiger partial charge in [0.2, 0.25) is 0 Å². The molecule has 0 aliphatic carbocycles. The molecule has 0 aromatic heterocycles. The summed E-state index contributed by atoms with van der Waals surface area (Å²) in [5.41, 5.74) is 4.46. The number of nitrogens with one attached hydrogen (secondary N) is 1. The molecule has 0 radical (unpaired) electrons. The monoisotopic (exact) mass is 489 g/mol. The summed E-state index contributed by atoms with van der Waals surface area (Å²) in [6.07, 6.45) is 4.64. The molecule has 1 aliphatic rings. The van der Waals surface area contributed by atoms with Crippen molar-refractivity contribution in [3.8, 4) is 11.5 Å². The molecule has 4 rings (SSSR count). The van der Waals surface area contributed by atoms with Crippen LogP contribution in [-0.2, 0) is 17.6 Å². The van der Waals surface area contributed by atoms with E-state index in [0.29, 0.717) is 30.9 Å². The van der Waals surface area contributed by atoms with E-state index < -0.39 is 5.54 Å². The van der Waals surface area contributed by atoms with E-state index in [1.165, 1.54) is 6.07 Å². The summed E-state index contributed by atoms with van der Waals surface area (Å²) >= 11 is 0. The molecule has 1 fully saturated rings. The number of benzene rings is 3. The van der Waals surface area contributed by atoms with Crippen LogP contribution in [0.15, 0.2) is 60.7 Å². The van der Waals surface area contributed by atoms with E-state index in [-0.39, 0.29) is 11.7 Å². The van der Waals surface area contributed by atoms with Crippen molar-refractivity contribution in [2.24, 2.45) is 0 Å². The number of aryl methyl sites for hydroxylation is 4. The summed E-state index contributed by atoms with van der Waals surface area (Å²) in [7, 11) is 0. The summed E-state index contributed by atoms with van der Waals surface area (Å²) in [6, 6.07) is 18.6. The zero-order chi connectivity index (χ0) is 25.5. The van der Waals surface area contributed by atoms with Gasteiger partial charge in [-0.2, -0.15) is 0 Å². The maximum Gasteiger partial charge on any atom is 0.252 e. The molecule has 5 heteroatoms. The minimum Gasteiger partial charge on any atom is -0.457 e. The predicted octanol–water partition coefficient (Wildman–Crippen LogP) is 7.10. The number of halogens is 1. The van der Waals surface area contributed by atoms with Crippen LogP contribution in [0.3, 0.4) is 0 Å². The van der Waals surface area contributed by atoms with Gasteiger partial charge in [0.05, 0.1) is 0 Å². The van der Waals surface area contributed by atoms with Crippen molar-refractivity contribution in [1.29, 1.82) is 0 Å². The van der Waals surface area contributed by atoms with Crippen molar-refractivity contribution >= 4 is 5.91 Å². The average Bonchev–Trinajstić information content (AvgIpc) is 2.84. The van der Waals surface area contributed by atoms with E-state index in [9.17, 15) is 9.18 Å². The Morgan fingerprint density at radius 1 is 0.972 bits per heavy atom. The largest absolute Gasteiger partial charge is 0.457 e. The number of hydrogen-bond donors (Lipinski definition) is 1. The number of ether oxygens (including phenoxy) is 2. The summed E-state index contributed by atoms with van der Waals surface area (Å²) in [6.45, 7) is 7.39. The van der Waals surface area contributed by atoms with Crippen LogP contribution in [0.4, 0.5) is 4.39 Å². The Hall–Kier alpha value is -3.18. The van der Waals surface area contributed by atoms with Gasteiger partial charge in [-0.3, -0.25) is 4.79 Å². The van der Waals surface area contributed by atoms with Crippen LogP contribution in [-0.4, -0.2) is 24.7 Å². The molecule has 1 amide bonds. The van der Waals surface area contributed by atoms with Crippen molar-refractivity contribution in [1.82, 2.24) is 5.32 Å². The Labute approximate surface area is 213 Å². The summed E-state index contributed by atoms with van der Waals surface area (Å²) in [5.74, 6) is 1.08. The lowest BCUT2D eigenvalue weighted by atomic mass is 9.83. The number of carbonyl (C=O) groups is 1. The summed E-state index contributed by atoms with van der Waals surface area (Å²) in [4.78, 5) is 13.7. The smallest absolute Gasteiger partial charge is 0.252 e. The van der Waals surface area contributed by atoms with Gasteiger partial charge >= 0.3 is 0 Å². The highest BCUT2D eigenvalue weighted by molar-refractivity contribution is 5.96. The maximum absolute atomic E-state index is 13.7. The fourth-order valence-corrected chi connectivity index (χ4v) is 5.03. The normalized spacial score (nSPS) is 14.9. The Morgan fingerprint density at radius 2 is 1.72 bits per heavy atom.